The van der Waals surface area contributed by atoms with E-state index in [1.165, 1.54) is 6.07 Å². The first kappa shape index (κ1) is 28.0. The van der Waals surface area contributed by atoms with Crippen LogP contribution in [0.1, 0.15) is 47.7 Å². The molecule has 2 aromatic carbocycles. The smallest absolute Gasteiger partial charge is 0.335 e. The molecule has 3 amide bonds. The van der Waals surface area contributed by atoms with Gasteiger partial charge in [0.2, 0.25) is 5.91 Å². The molecule has 2 aromatic rings. The van der Waals surface area contributed by atoms with E-state index in [2.05, 4.69) is 22.6 Å². The van der Waals surface area contributed by atoms with E-state index in [1.807, 2.05) is 6.92 Å². The average Bonchev–Trinajstić information content (AvgIpc) is 3.16. The lowest BCUT2D eigenvalue weighted by Crippen LogP contribution is -2.44. The minimum Gasteiger partial charge on any atom is -0.490 e. The van der Waals surface area contributed by atoms with E-state index in [-0.39, 0.29) is 29.5 Å². The molecule has 0 spiro atoms. The van der Waals surface area contributed by atoms with Crippen LogP contribution in [0.15, 0.2) is 41.3 Å². The molecule has 0 unspecified atom stereocenters. The summed E-state index contributed by atoms with van der Waals surface area (Å²) in [5, 5.41) is 8.76. The minimum atomic E-state index is -1.01. The number of rotatable bonds is 9. The Morgan fingerprint density at radius 2 is 1.87 bits per heavy atom. The molecule has 38 heavy (non-hydrogen) atoms. The fraction of sp³-hybridized carbons (Fsp3) is 0.333. The number of carboxylic acids is 1. The number of amides is 3. The zero-order chi connectivity index (χ0) is 27.2. The van der Waals surface area contributed by atoms with Crippen LogP contribution in [0.3, 0.4) is 0 Å². The van der Waals surface area contributed by atoms with Gasteiger partial charge in [-0.1, -0.05) is 12.1 Å². The van der Waals surface area contributed by atoms with Gasteiger partial charge in [-0.25, -0.2) is 4.79 Å². The largest absolute Gasteiger partial charge is 0.490 e. The van der Waals surface area contributed by atoms with Crippen LogP contribution in [0.25, 0.3) is 6.08 Å². The van der Waals surface area contributed by atoms with Crippen molar-refractivity contribution >= 4 is 63.5 Å². The van der Waals surface area contributed by atoms with Gasteiger partial charge in [0.15, 0.2) is 11.5 Å². The molecule has 2 heterocycles. The average molecular weight is 650 g/mol. The van der Waals surface area contributed by atoms with Crippen LogP contribution in [0.2, 0.25) is 0 Å². The van der Waals surface area contributed by atoms with Crippen LogP contribution >= 0.6 is 34.4 Å². The van der Waals surface area contributed by atoms with Crippen LogP contribution in [0.5, 0.6) is 11.5 Å². The molecule has 0 atom stereocenters. The lowest BCUT2D eigenvalue weighted by Gasteiger charge is -2.27. The van der Waals surface area contributed by atoms with E-state index in [1.54, 1.807) is 41.3 Å². The van der Waals surface area contributed by atoms with Crippen LogP contribution in [-0.4, -0.2) is 64.2 Å². The van der Waals surface area contributed by atoms with Crippen LogP contribution in [0.4, 0.5) is 4.79 Å². The highest BCUT2D eigenvalue weighted by molar-refractivity contribution is 14.1. The molecule has 9 nitrogen and oxygen atoms in total. The van der Waals surface area contributed by atoms with Crippen molar-refractivity contribution in [2.45, 2.75) is 32.8 Å². The fourth-order valence-corrected chi connectivity index (χ4v) is 5.81. The molecule has 11 heteroatoms. The van der Waals surface area contributed by atoms with Gasteiger partial charge in [0.25, 0.3) is 11.1 Å². The van der Waals surface area contributed by atoms with Gasteiger partial charge in [0.1, 0.15) is 13.2 Å². The van der Waals surface area contributed by atoms with Gasteiger partial charge in [-0.15, -0.1) is 0 Å². The number of carbonyl (C=O) groups is 4. The van der Waals surface area contributed by atoms with Gasteiger partial charge >= 0.3 is 5.97 Å². The van der Waals surface area contributed by atoms with Crippen LogP contribution in [0, 0.1) is 3.57 Å². The molecular weight excluding hydrogens is 623 g/mol. The molecule has 0 saturated carbocycles. The highest BCUT2D eigenvalue weighted by Crippen LogP contribution is 2.38. The molecular formula is C27H27IN2O7S. The summed E-state index contributed by atoms with van der Waals surface area (Å²) in [4.78, 5) is 52.4. The molecule has 1 N–H and O–H groups in total. The normalized spacial score (nSPS) is 16.7. The van der Waals surface area contributed by atoms with Crippen molar-refractivity contribution in [1.82, 2.24) is 9.80 Å². The summed E-state index contributed by atoms with van der Waals surface area (Å²) in [7, 11) is 0. The van der Waals surface area contributed by atoms with E-state index in [9.17, 15) is 24.3 Å². The predicted octanol–water partition coefficient (Wildman–Crippen LogP) is 5.02. The summed E-state index contributed by atoms with van der Waals surface area (Å²) in [5.41, 5.74) is 1.51. The number of ether oxygens (including phenoxy) is 2. The van der Waals surface area contributed by atoms with Crippen molar-refractivity contribution in [2.75, 3.05) is 26.2 Å². The second kappa shape index (κ2) is 12.7. The zero-order valence-electron chi connectivity index (χ0n) is 20.8. The number of hydrogen-bond acceptors (Lipinski definition) is 7. The molecule has 2 fully saturated rings. The predicted molar refractivity (Wildman–Crippen MR) is 151 cm³/mol. The molecule has 2 aliphatic heterocycles. The molecule has 4 rings (SSSR count). The second-order valence-electron chi connectivity index (χ2n) is 8.77. The van der Waals surface area contributed by atoms with Crippen LogP contribution in [-0.2, 0) is 16.2 Å². The Morgan fingerprint density at radius 1 is 1.11 bits per heavy atom. The summed E-state index contributed by atoms with van der Waals surface area (Å²) < 4.78 is 12.5. The van der Waals surface area contributed by atoms with Gasteiger partial charge in [-0.2, -0.15) is 0 Å². The molecule has 2 aliphatic rings. The number of thioether (sulfide) groups is 1. The standard InChI is InChI=1S/C27H27IN2O7S/c1-2-36-21-13-18(12-20(28)24(21)37-16-17-7-6-8-19(11-17)26(33)34)14-22-25(32)30(27(35)38-22)15-23(31)29-9-4-3-5-10-29/h6-8,11-14H,2-5,9-10,15-16H2,1H3,(H,33,34)/b22-14-. The number of hydrogen-bond donors (Lipinski definition) is 1. The lowest BCUT2D eigenvalue weighted by molar-refractivity contribution is -0.136. The summed E-state index contributed by atoms with van der Waals surface area (Å²) in [5.74, 6) is -0.764. The van der Waals surface area contributed by atoms with Crippen molar-refractivity contribution < 1.29 is 33.8 Å². The van der Waals surface area contributed by atoms with Gasteiger partial charge in [0, 0.05) is 13.1 Å². The minimum absolute atomic E-state index is 0.139. The van der Waals surface area contributed by atoms with Crippen molar-refractivity contribution in [3.8, 4) is 11.5 Å². The maximum atomic E-state index is 13.0. The molecule has 0 radical (unpaired) electrons. The fourth-order valence-electron chi connectivity index (χ4n) is 4.19. The first-order chi connectivity index (χ1) is 18.3. The van der Waals surface area contributed by atoms with Crippen molar-refractivity contribution in [1.29, 1.82) is 0 Å². The monoisotopic (exact) mass is 650 g/mol. The number of carboxylic acid groups (broad SMARTS) is 1. The van der Waals surface area contributed by atoms with Crippen molar-refractivity contribution in [3.05, 3.63) is 61.6 Å². The number of halogens is 1. The topological polar surface area (TPSA) is 113 Å². The first-order valence-corrected chi connectivity index (χ1v) is 14.1. The zero-order valence-corrected chi connectivity index (χ0v) is 23.7. The number of benzene rings is 2. The third-order valence-electron chi connectivity index (χ3n) is 6.06. The first-order valence-electron chi connectivity index (χ1n) is 12.2. The Bertz CT molecular complexity index is 1290. The third kappa shape index (κ3) is 6.68. The highest BCUT2D eigenvalue weighted by Gasteiger charge is 2.37. The highest BCUT2D eigenvalue weighted by atomic mass is 127. The van der Waals surface area contributed by atoms with E-state index in [0.717, 1.165) is 35.9 Å². The third-order valence-corrected chi connectivity index (χ3v) is 7.77. The number of imide groups is 1. The maximum absolute atomic E-state index is 13.0. The molecule has 2 saturated heterocycles. The quantitative estimate of drug-likeness (QED) is 0.298. The number of carbonyl (C=O) groups excluding carboxylic acids is 3. The van der Waals surface area contributed by atoms with Gasteiger partial charge in [-0.05, 0) is 102 Å². The Morgan fingerprint density at radius 3 is 2.58 bits per heavy atom. The number of nitrogens with zero attached hydrogens (tertiary/aromatic N) is 2. The van der Waals surface area contributed by atoms with Crippen LogP contribution < -0.4 is 9.47 Å². The van der Waals surface area contributed by atoms with Crippen molar-refractivity contribution in [3.63, 3.8) is 0 Å². The number of likely N-dealkylation sites (tertiary alicyclic amines) is 1. The van der Waals surface area contributed by atoms with Gasteiger partial charge in [0.05, 0.1) is 20.6 Å². The molecule has 0 aliphatic carbocycles. The SMILES string of the molecule is CCOc1cc(/C=C2\SC(=O)N(CC(=O)N3CCCCC3)C2=O)cc(I)c1OCc1cccc(C(=O)O)c1. The maximum Gasteiger partial charge on any atom is 0.335 e. The van der Waals surface area contributed by atoms with E-state index in [0.29, 0.717) is 45.9 Å². The lowest BCUT2D eigenvalue weighted by atomic mass is 10.1. The number of aromatic carboxylic acids is 1. The Hall–Kier alpha value is -3.06. The van der Waals surface area contributed by atoms with Gasteiger partial charge < -0.3 is 19.5 Å². The number of piperidine rings is 1. The van der Waals surface area contributed by atoms with E-state index in [4.69, 9.17) is 9.47 Å². The van der Waals surface area contributed by atoms with Crippen molar-refractivity contribution in [2.24, 2.45) is 0 Å². The summed E-state index contributed by atoms with van der Waals surface area (Å²) >= 11 is 2.92. The Kier molecular flexibility index (Phi) is 9.31. The second-order valence-corrected chi connectivity index (χ2v) is 10.9. The van der Waals surface area contributed by atoms with E-state index < -0.39 is 17.1 Å². The molecule has 0 bridgehead atoms. The Labute approximate surface area is 238 Å². The Balaban J connectivity index is 1.50. The van der Waals surface area contributed by atoms with E-state index >= 15 is 0 Å². The summed E-state index contributed by atoms with van der Waals surface area (Å²) in [6.45, 7) is 3.41. The summed E-state index contributed by atoms with van der Waals surface area (Å²) in [6.07, 6.45) is 4.56. The van der Waals surface area contributed by atoms with Gasteiger partial charge in [-0.3, -0.25) is 19.3 Å². The summed E-state index contributed by atoms with van der Waals surface area (Å²) in [6, 6.07) is 10.0. The molecule has 0 aromatic heterocycles. The molecule has 200 valence electrons.